The Hall–Kier alpha value is -3.32. The molecule has 0 spiro atoms. The lowest BCUT2D eigenvalue weighted by atomic mass is 10.1. The van der Waals surface area contributed by atoms with Crippen LogP contribution in [0.1, 0.15) is 11.5 Å². The van der Waals surface area contributed by atoms with Gasteiger partial charge in [0.25, 0.3) is 0 Å². The Morgan fingerprint density at radius 2 is 1.66 bits per heavy atom. The Labute approximate surface area is 192 Å². The van der Waals surface area contributed by atoms with E-state index in [1.165, 1.54) is 24.3 Å². The molecule has 0 bridgehead atoms. The van der Waals surface area contributed by atoms with Gasteiger partial charge in [0.05, 0.1) is 15.7 Å². The van der Waals surface area contributed by atoms with Crippen LogP contribution in [0.2, 0.25) is 10.0 Å². The zero-order chi connectivity index (χ0) is 22.7. The second kappa shape index (κ2) is 9.44. The van der Waals surface area contributed by atoms with E-state index in [1.807, 2.05) is 0 Å². The van der Waals surface area contributed by atoms with E-state index in [0.29, 0.717) is 44.9 Å². The normalized spacial score (nSPS) is 11.2. The van der Waals surface area contributed by atoms with Gasteiger partial charge in [-0.1, -0.05) is 23.2 Å². The van der Waals surface area contributed by atoms with Gasteiger partial charge in [-0.05, 0) is 66.7 Å². The van der Waals surface area contributed by atoms with Crippen LogP contribution >= 0.6 is 23.2 Å². The minimum absolute atomic E-state index is 0.00314. The maximum absolute atomic E-state index is 13.3. The summed E-state index contributed by atoms with van der Waals surface area (Å²) >= 11 is 12.0. The number of aliphatic hydroxyl groups is 1. The van der Waals surface area contributed by atoms with Crippen LogP contribution in [0.15, 0.2) is 75.6 Å². The van der Waals surface area contributed by atoms with Crippen LogP contribution in [-0.4, -0.2) is 11.0 Å². The Kier molecular flexibility index (Phi) is 6.46. The van der Waals surface area contributed by atoms with E-state index in [0.717, 1.165) is 0 Å². The molecule has 2 aromatic carbocycles. The topological polar surface area (TPSA) is 75.6 Å². The van der Waals surface area contributed by atoms with Gasteiger partial charge in [-0.15, -0.1) is 0 Å². The van der Waals surface area contributed by atoms with Crippen LogP contribution in [0, 0.1) is 5.82 Å². The van der Waals surface area contributed by atoms with Crippen LogP contribution in [0.4, 0.5) is 10.1 Å². The summed E-state index contributed by atoms with van der Waals surface area (Å²) in [5.41, 5.74) is 1.72. The SMILES string of the molecule is O=C(/C=C/c1ccc(-c2ccc(F)c(Cl)c2)o1)Nc1cc(-c2ccc(CO)o2)ccc1Cl. The van der Waals surface area contributed by atoms with Crippen LogP contribution in [0.3, 0.4) is 0 Å². The highest BCUT2D eigenvalue weighted by atomic mass is 35.5. The molecule has 0 aliphatic heterocycles. The summed E-state index contributed by atoms with van der Waals surface area (Å²) in [5.74, 6) is 0.973. The molecule has 5 nitrogen and oxygen atoms in total. The third-order valence-corrected chi connectivity index (χ3v) is 5.18. The molecule has 1 amide bonds. The van der Waals surface area contributed by atoms with E-state index in [-0.39, 0.29) is 11.6 Å². The molecule has 0 saturated carbocycles. The van der Waals surface area contributed by atoms with Crippen molar-refractivity contribution < 1.29 is 23.1 Å². The lowest BCUT2D eigenvalue weighted by Crippen LogP contribution is -2.08. The molecular formula is C24H16Cl2FNO4. The first-order valence-corrected chi connectivity index (χ1v) is 10.2. The van der Waals surface area contributed by atoms with Crippen molar-refractivity contribution in [3.8, 4) is 22.6 Å². The largest absolute Gasteiger partial charge is 0.459 e. The molecule has 4 rings (SSSR count). The number of rotatable bonds is 6. The fourth-order valence-electron chi connectivity index (χ4n) is 2.97. The standard InChI is InChI=1S/C24H16Cl2FNO4/c25-18-6-1-15(23-9-4-17(13-29)32-23)12-21(18)28-24(30)10-5-16-3-8-22(31-16)14-2-7-20(27)19(26)11-14/h1-12,29H,13H2,(H,28,30)/b10-5+. The van der Waals surface area contributed by atoms with Gasteiger partial charge < -0.3 is 19.3 Å². The summed E-state index contributed by atoms with van der Waals surface area (Å²) in [7, 11) is 0. The third-order valence-electron chi connectivity index (χ3n) is 4.56. The monoisotopic (exact) mass is 471 g/mol. The van der Waals surface area contributed by atoms with E-state index < -0.39 is 11.7 Å². The fraction of sp³-hybridized carbons (Fsp3) is 0.0417. The highest BCUT2D eigenvalue weighted by molar-refractivity contribution is 6.34. The Morgan fingerprint density at radius 1 is 0.938 bits per heavy atom. The molecule has 8 heteroatoms. The van der Waals surface area contributed by atoms with E-state index >= 15 is 0 Å². The molecule has 2 N–H and O–H groups in total. The zero-order valence-corrected chi connectivity index (χ0v) is 18.0. The lowest BCUT2D eigenvalue weighted by molar-refractivity contribution is -0.111. The van der Waals surface area contributed by atoms with Gasteiger partial charge in [-0.3, -0.25) is 4.79 Å². The summed E-state index contributed by atoms with van der Waals surface area (Å²) in [6, 6.07) is 16.1. The number of hydrogen-bond donors (Lipinski definition) is 2. The van der Waals surface area contributed by atoms with Gasteiger partial charge in [-0.2, -0.15) is 0 Å². The van der Waals surface area contributed by atoms with Crippen molar-refractivity contribution in [1.82, 2.24) is 0 Å². The van der Waals surface area contributed by atoms with Crippen LogP contribution in [-0.2, 0) is 11.4 Å². The maximum Gasteiger partial charge on any atom is 0.248 e. The number of benzene rings is 2. The van der Waals surface area contributed by atoms with Crippen LogP contribution in [0.5, 0.6) is 0 Å². The smallest absolute Gasteiger partial charge is 0.248 e. The summed E-state index contributed by atoms with van der Waals surface area (Å²) < 4.78 is 24.5. The number of furan rings is 2. The summed E-state index contributed by atoms with van der Waals surface area (Å²) in [6.07, 6.45) is 2.81. The molecule has 0 atom stereocenters. The third kappa shape index (κ3) is 4.94. The van der Waals surface area contributed by atoms with Crippen molar-refractivity contribution in [3.63, 3.8) is 0 Å². The molecule has 4 aromatic rings. The predicted octanol–water partition coefficient (Wildman–Crippen LogP) is 6.80. The molecule has 2 heterocycles. The Morgan fingerprint density at radius 3 is 2.41 bits per heavy atom. The van der Waals surface area contributed by atoms with Gasteiger partial charge in [-0.25, -0.2) is 4.39 Å². The molecule has 0 saturated heterocycles. The zero-order valence-electron chi connectivity index (χ0n) is 16.4. The minimum Gasteiger partial charge on any atom is -0.459 e. The quantitative estimate of drug-likeness (QED) is 0.303. The number of aliphatic hydroxyl groups excluding tert-OH is 1. The molecular weight excluding hydrogens is 456 g/mol. The molecule has 2 aromatic heterocycles. The lowest BCUT2D eigenvalue weighted by Gasteiger charge is -2.07. The Balaban J connectivity index is 1.46. The van der Waals surface area contributed by atoms with Gasteiger partial charge in [0.2, 0.25) is 5.91 Å². The molecule has 0 aliphatic carbocycles. The molecule has 162 valence electrons. The summed E-state index contributed by atoms with van der Waals surface area (Å²) in [5, 5.41) is 12.2. The number of amides is 1. The first-order chi connectivity index (χ1) is 15.4. The number of halogens is 3. The number of anilines is 1. The average Bonchev–Trinajstić information content (AvgIpc) is 3.45. The van der Waals surface area contributed by atoms with Crippen molar-refractivity contribution in [2.24, 2.45) is 0 Å². The molecule has 0 aliphatic rings. The van der Waals surface area contributed by atoms with Gasteiger partial charge >= 0.3 is 0 Å². The van der Waals surface area contributed by atoms with E-state index in [9.17, 15) is 9.18 Å². The number of carbonyl (C=O) groups excluding carboxylic acids is 1. The summed E-state index contributed by atoms with van der Waals surface area (Å²) in [4.78, 5) is 12.4. The number of nitrogens with one attached hydrogen (secondary N) is 1. The molecule has 0 radical (unpaired) electrons. The van der Waals surface area contributed by atoms with E-state index in [4.69, 9.17) is 37.1 Å². The maximum atomic E-state index is 13.3. The van der Waals surface area contributed by atoms with Gasteiger partial charge in [0.15, 0.2) is 0 Å². The Bertz CT molecular complexity index is 1310. The minimum atomic E-state index is -0.512. The summed E-state index contributed by atoms with van der Waals surface area (Å²) in [6.45, 7) is -0.204. The van der Waals surface area contributed by atoms with Crippen molar-refractivity contribution in [3.05, 3.63) is 94.1 Å². The second-order valence-corrected chi connectivity index (χ2v) is 7.59. The highest BCUT2D eigenvalue weighted by Gasteiger charge is 2.10. The van der Waals surface area contributed by atoms with Crippen LogP contribution in [0.25, 0.3) is 28.7 Å². The van der Waals surface area contributed by atoms with Crippen molar-refractivity contribution >= 4 is 40.9 Å². The predicted molar refractivity (Wildman–Crippen MR) is 122 cm³/mol. The highest BCUT2D eigenvalue weighted by Crippen LogP contribution is 2.30. The number of carbonyl (C=O) groups is 1. The molecule has 0 unspecified atom stereocenters. The van der Waals surface area contributed by atoms with Crippen molar-refractivity contribution in [2.75, 3.05) is 5.32 Å². The van der Waals surface area contributed by atoms with Crippen LogP contribution < -0.4 is 5.32 Å². The molecule has 0 fully saturated rings. The van der Waals surface area contributed by atoms with Crippen molar-refractivity contribution in [2.45, 2.75) is 6.61 Å². The molecule has 32 heavy (non-hydrogen) atoms. The van der Waals surface area contributed by atoms with E-state index in [2.05, 4.69) is 5.32 Å². The fourth-order valence-corrected chi connectivity index (χ4v) is 3.32. The van der Waals surface area contributed by atoms with Gasteiger partial charge in [0.1, 0.15) is 35.5 Å². The van der Waals surface area contributed by atoms with Crippen molar-refractivity contribution in [1.29, 1.82) is 0 Å². The van der Waals surface area contributed by atoms with Gasteiger partial charge in [0, 0.05) is 17.2 Å². The number of hydrogen-bond acceptors (Lipinski definition) is 4. The average molecular weight is 472 g/mol. The first-order valence-electron chi connectivity index (χ1n) is 9.47. The van der Waals surface area contributed by atoms with E-state index in [1.54, 1.807) is 48.5 Å². The second-order valence-electron chi connectivity index (χ2n) is 6.77. The first kappa shape index (κ1) is 21.9.